The molecule has 0 radical (unpaired) electrons. The number of aromatic nitrogens is 3. The summed E-state index contributed by atoms with van der Waals surface area (Å²) in [6.07, 6.45) is 1.33. The first-order chi connectivity index (χ1) is 16.3. The highest BCUT2D eigenvalue weighted by Gasteiger charge is 2.20. The Morgan fingerprint density at radius 1 is 1.21 bits per heavy atom. The second-order valence-corrected chi connectivity index (χ2v) is 8.62. The molecule has 0 aliphatic heterocycles. The van der Waals surface area contributed by atoms with Gasteiger partial charge in [0.15, 0.2) is 5.13 Å². The van der Waals surface area contributed by atoms with Crippen LogP contribution in [0.25, 0.3) is 11.4 Å². The monoisotopic (exact) mass is 486 g/mol. The quantitative estimate of drug-likeness (QED) is 0.299. The molecule has 180 valence electrons. The van der Waals surface area contributed by atoms with Crippen LogP contribution < -0.4 is 16.0 Å². The second-order valence-electron chi connectivity index (χ2n) is 7.62. The van der Waals surface area contributed by atoms with Gasteiger partial charge in [-0.1, -0.05) is 28.6 Å². The molecule has 0 fully saturated rings. The van der Waals surface area contributed by atoms with Crippen molar-refractivity contribution in [3.63, 3.8) is 0 Å². The molecule has 3 rings (SSSR count). The summed E-state index contributed by atoms with van der Waals surface area (Å²) in [5.41, 5.74) is 1.38. The Labute approximate surface area is 200 Å². The fourth-order valence-electron chi connectivity index (χ4n) is 3.28. The fraction of sp³-hybridized carbons (Fsp3) is 0.364. The van der Waals surface area contributed by atoms with Gasteiger partial charge in [0, 0.05) is 30.5 Å². The summed E-state index contributed by atoms with van der Waals surface area (Å²) < 4.78 is 5.00. The molecule has 12 heteroatoms. The number of carbonyl (C=O) groups is 3. The Bertz CT molecular complexity index is 1170. The lowest BCUT2D eigenvalue weighted by Crippen LogP contribution is -2.38. The summed E-state index contributed by atoms with van der Waals surface area (Å²) in [5.74, 6) is -0.979. The van der Waals surface area contributed by atoms with Crippen molar-refractivity contribution >= 4 is 34.3 Å². The fourth-order valence-corrected chi connectivity index (χ4v) is 4.10. The van der Waals surface area contributed by atoms with E-state index < -0.39 is 12.0 Å². The Balaban J connectivity index is 1.68. The number of nitrogens with one attached hydrogen (secondary N) is 3. The van der Waals surface area contributed by atoms with Crippen LogP contribution in [0, 0.1) is 13.8 Å². The number of hydrogen-bond acceptors (Lipinski definition) is 9. The molecular weight excluding hydrogens is 460 g/mol. The lowest BCUT2D eigenvalue weighted by molar-refractivity contribution is -0.116. The van der Waals surface area contributed by atoms with Crippen molar-refractivity contribution in [1.82, 2.24) is 25.8 Å². The highest BCUT2D eigenvalue weighted by Crippen LogP contribution is 2.23. The van der Waals surface area contributed by atoms with Gasteiger partial charge in [0.25, 0.3) is 5.91 Å². The molecule has 0 aliphatic carbocycles. The second kappa shape index (κ2) is 11.5. The SMILES string of the molecule is CNCCC[C@@H](CC(=O)Nc1nc(C)c(C(=O)O)s1)NC(=O)c1cccc(-c2noc(C)n2)c1. The lowest BCUT2D eigenvalue weighted by Gasteiger charge is -2.18. The third-order valence-corrected chi connectivity index (χ3v) is 5.95. The predicted molar refractivity (Wildman–Crippen MR) is 126 cm³/mol. The summed E-state index contributed by atoms with van der Waals surface area (Å²) in [6.45, 7) is 3.98. The van der Waals surface area contributed by atoms with Crippen LogP contribution in [0.5, 0.6) is 0 Å². The minimum absolute atomic E-state index is 0.0141. The van der Waals surface area contributed by atoms with Crippen LogP contribution in [0.3, 0.4) is 0 Å². The number of carboxylic acid groups (broad SMARTS) is 1. The van der Waals surface area contributed by atoms with Gasteiger partial charge in [0.1, 0.15) is 4.88 Å². The minimum atomic E-state index is -1.09. The molecule has 34 heavy (non-hydrogen) atoms. The molecule has 1 atom stereocenters. The highest BCUT2D eigenvalue weighted by atomic mass is 32.1. The number of anilines is 1. The molecule has 11 nitrogen and oxygen atoms in total. The van der Waals surface area contributed by atoms with Crippen molar-refractivity contribution in [3.05, 3.63) is 46.3 Å². The number of carboxylic acids is 1. The normalized spacial score (nSPS) is 11.7. The molecule has 0 aliphatic rings. The smallest absolute Gasteiger partial charge is 0.347 e. The Kier molecular flexibility index (Phi) is 8.44. The topological polar surface area (TPSA) is 159 Å². The predicted octanol–water partition coefficient (Wildman–Crippen LogP) is 2.63. The van der Waals surface area contributed by atoms with E-state index in [1.54, 1.807) is 38.1 Å². The Morgan fingerprint density at radius 2 is 2.00 bits per heavy atom. The van der Waals surface area contributed by atoms with E-state index in [0.29, 0.717) is 35.0 Å². The first-order valence-corrected chi connectivity index (χ1v) is 11.4. The molecule has 2 heterocycles. The maximum atomic E-state index is 12.9. The molecule has 0 bridgehead atoms. The molecule has 2 amide bonds. The van der Waals surface area contributed by atoms with E-state index in [-0.39, 0.29) is 28.2 Å². The van der Waals surface area contributed by atoms with Gasteiger partial charge < -0.3 is 25.6 Å². The molecule has 0 spiro atoms. The van der Waals surface area contributed by atoms with E-state index in [4.69, 9.17) is 4.52 Å². The van der Waals surface area contributed by atoms with Crippen molar-refractivity contribution in [1.29, 1.82) is 0 Å². The van der Waals surface area contributed by atoms with Crippen LogP contribution in [0.4, 0.5) is 5.13 Å². The minimum Gasteiger partial charge on any atom is -0.477 e. The number of amides is 2. The van der Waals surface area contributed by atoms with Gasteiger partial charge in [-0.2, -0.15) is 4.98 Å². The van der Waals surface area contributed by atoms with Crippen LogP contribution in [0.15, 0.2) is 28.8 Å². The maximum absolute atomic E-state index is 12.9. The number of aromatic carboxylic acids is 1. The summed E-state index contributed by atoms with van der Waals surface area (Å²) in [6, 6.07) is 6.40. The van der Waals surface area contributed by atoms with Gasteiger partial charge in [-0.25, -0.2) is 9.78 Å². The average molecular weight is 487 g/mol. The summed E-state index contributed by atoms with van der Waals surface area (Å²) >= 11 is 0.897. The summed E-state index contributed by atoms with van der Waals surface area (Å²) in [5, 5.41) is 21.9. The van der Waals surface area contributed by atoms with Crippen LogP contribution in [-0.4, -0.2) is 57.6 Å². The van der Waals surface area contributed by atoms with E-state index in [1.807, 2.05) is 7.05 Å². The number of aryl methyl sites for hydroxylation is 2. The van der Waals surface area contributed by atoms with Gasteiger partial charge in [-0.3, -0.25) is 9.59 Å². The number of nitrogens with zero attached hydrogens (tertiary/aromatic N) is 3. The third-order valence-electron chi connectivity index (χ3n) is 4.89. The van der Waals surface area contributed by atoms with Crippen molar-refractivity contribution in [2.75, 3.05) is 18.9 Å². The standard InChI is InChI=1S/C22H26N6O5S/c1-12-18(21(31)32)34-22(24-12)27-17(29)11-16(8-5-9-23-3)26-20(30)15-7-4-6-14(10-15)19-25-13(2)33-28-19/h4,6-7,10,16,23H,5,8-9,11H2,1-3H3,(H,26,30)(H,31,32)(H,24,27,29)/t16-/m0/s1. The van der Waals surface area contributed by atoms with Crippen LogP contribution in [0.2, 0.25) is 0 Å². The molecule has 3 aromatic rings. The molecule has 0 saturated carbocycles. The maximum Gasteiger partial charge on any atom is 0.347 e. The molecule has 0 saturated heterocycles. The number of benzene rings is 1. The van der Waals surface area contributed by atoms with Crippen molar-refractivity contribution in [2.24, 2.45) is 0 Å². The first kappa shape index (κ1) is 25.0. The molecule has 0 unspecified atom stereocenters. The van der Waals surface area contributed by atoms with Crippen LogP contribution >= 0.6 is 11.3 Å². The molecular formula is C22H26N6O5S. The number of carbonyl (C=O) groups excluding carboxylic acids is 2. The van der Waals surface area contributed by atoms with Crippen LogP contribution in [-0.2, 0) is 4.79 Å². The first-order valence-electron chi connectivity index (χ1n) is 10.6. The van der Waals surface area contributed by atoms with E-state index in [9.17, 15) is 19.5 Å². The average Bonchev–Trinajstić information content (AvgIpc) is 3.39. The van der Waals surface area contributed by atoms with Gasteiger partial charge in [-0.15, -0.1) is 0 Å². The van der Waals surface area contributed by atoms with Crippen LogP contribution in [0.1, 0.15) is 50.9 Å². The third kappa shape index (κ3) is 6.68. The zero-order valence-electron chi connectivity index (χ0n) is 19.0. The Hall–Kier alpha value is -3.64. The summed E-state index contributed by atoms with van der Waals surface area (Å²) in [4.78, 5) is 45.1. The van der Waals surface area contributed by atoms with E-state index >= 15 is 0 Å². The molecule has 2 aromatic heterocycles. The zero-order valence-corrected chi connectivity index (χ0v) is 19.9. The number of hydrogen-bond donors (Lipinski definition) is 4. The van der Waals surface area contributed by atoms with Gasteiger partial charge >= 0.3 is 5.97 Å². The zero-order chi connectivity index (χ0) is 24.7. The van der Waals surface area contributed by atoms with E-state index in [2.05, 4.69) is 31.1 Å². The van der Waals surface area contributed by atoms with E-state index in [1.165, 1.54) is 0 Å². The largest absolute Gasteiger partial charge is 0.477 e. The summed E-state index contributed by atoms with van der Waals surface area (Å²) in [7, 11) is 1.83. The van der Waals surface area contributed by atoms with Gasteiger partial charge in [0.05, 0.1) is 5.69 Å². The lowest BCUT2D eigenvalue weighted by atomic mass is 10.1. The molecule has 4 N–H and O–H groups in total. The van der Waals surface area contributed by atoms with Crippen molar-refractivity contribution < 1.29 is 24.0 Å². The Morgan fingerprint density at radius 3 is 2.65 bits per heavy atom. The number of rotatable bonds is 11. The number of thiazole rings is 1. The highest BCUT2D eigenvalue weighted by molar-refractivity contribution is 7.17. The van der Waals surface area contributed by atoms with Gasteiger partial charge in [-0.05, 0) is 45.5 Å². The van der Waals surface area contributed by atoms with Crippen molar-refractivity contribution in [3.8, 4) is 11.4 Å². The van der Waals surface area contributed by atoms with Gasteiger partial charge in [0.2, 0.25) is 17.6 Å². The molecule has 1 aromatic carbocycles. The van der Waals surface area contributed by atoms with E-state index in [0.717, 1.165) is 24.3 Å². The van der Waals surface area contributed by atoms with Crippen molar-refractivity contribution in [2.45, 2.75) is 39.2 Å².